The molecule has 0 bridgehead atoms. The highest BCUT2D eigenvalue weighted by atomic mass is 16.6. The van der Waals surface area contributed by atoms with Crippen LogP contribution in [-0.4, -0.2) is 15.6 Å². The molecule has 1 aliphatic rings. The lowest BCUT2D eigenvalue weighted by Gasteiger charge is -2.39. The van der Waals surface area contributed by atoms with Gasteiger partial charge in [0.15, 0.2) is 0 Å². The van der Waals surface area contributed by atoms with Crippen molar-refractivity contribution in [1.29, 1.82) is 0 Å². The highest BCUT2D eigenvalue weighted by molar-refractivity contribution is 5.86. The van der Waals surface area contributed by atoms with Gasteiger partial charge in [0.2, 0.25) is 0 Å². The van der Waals surface area contributed by atoms with E-state index in [1.54, 1.807) is 0 Å². The van der Waals surface area contributed by atoms with E-state index in [4.69, 9.17) is 0 Å². The second-order valence-corrected chi connectivity index (χ2v) is 8.19. The lowest BCUT2D eigenvalue weighted by molar-refractivity contribution is -0.393. The summed E-state index contributed by atoms with van der Waals surface area (Å²) in [5.41, 5.74) is 3.51. The fourth-order valence-corrected chi connectivity index (χ4v) is 3.98. The number of hydrogen-bond acceptors (Lipinski definition) is 6. The molecule has 1 aliphatic carbocycles. The molecule has 1 saturated carbocycles. The van der Waals surface area contributed by atoms with E-state index < -0.39 is 9.85 Å². The third-order valence-electron chi connectivity index (χ3n) is 5.48. The monoisotopic (exact) mass is 376 g/mol. The first-order valence-electron chi connectivity index (χ1n) is 9.38. The maximum atomic E-state index is 11.2. The summed E-state index contributed by atoms with van der Waals surface area (Å²) in [6.45, 7) is 8.99. The third kappa shape index (κ3) is 5.24. The Kier molecular flexibility index (Phi) is 6.51. The minimum Gasteiger partial charge on any atom is -0.272 e. The van der Waals surface area contributed by atoms with E-state index in [1.807, 2.05) is 0 Å². The highest BCUT2D eigenvalue weighted by Crippen LogP contribution is 2.42. The van der Waals surface area contributed by atoms with Crippen LogP contribution in [0.25, 0.3) is 0 Å². The van der Waals surface area contributed by atoms with Gasteiger partial charge in [-0.15, -0.1) is 0 Å². The van der Waals surface area contributed by atoms with Crippen molar-refractivity contribution in [2.75, 3.05) is 5.43 Å². The second-order valence-electron chi connectivity index (χ2n) is 8.19. The molecule has 0 heterocycles. The zero-order valence-corrected chi connectivity index (χ0v) is 16.4. The molecule has 1 aromatic rings. The van der Waals surface area contributed by atoms with E-state index in [0.717, 1.165) is 43.9 Å². The van der Waals surface area contributed by atoms with E-state index in [-0.39, 0.29) is 22.5 Å². The largest absolute Gasteiger partial charge is 0.301 e. The van der Waals surface area contributed by atoms with E-state index in [1.165, 1.54) is 12.1 Å². The number of nitrogens with one attached hydrogen (secondary N) is 1. The predicted molar refractivity (Wildman–Crippen MR) is 106 cm³/mol. The van der Waals surface area contributed by atoms with Crippen molar-refractivity contribution in [3.05, 3.63) is 38.4 Å². The van der Waals surface area contributed by atoms with E-state index >= 15 is 0 Å². The number of nitro benzene ring substituents is 2. The summed E-state index contributed by atoms with van der Waals surface area (Å²) in [6.07, 6.45) is 5.16. The number of nitro groups is 2. The first kappa shape index (κ1) is 20.8. The van der Waals surface area contributed by atoms with Gasteiger partial charge >= 0.3 is 5.69 Å². The van der Waals surface area contributed by atoms with Crippen LogP contribution in [0.3, 0.4) is 0 Å². The molecule has 0 unspecified atom stereocenters. The number of nitrogens with zero attached hydrogens (tertiary/aromatic N) is 3. The molecule has 148 valence electrons. The molecular weight excluding hydrogens is 348 g/mol. The minimum atomic E-state index is -0.647. The van der Waals surface area contributed by atoms with Crippen LogP contribution in [0.2, 0.25) is 0 Å². The summed E-state index contributed by atoms with van der Waals surface area (Å²) >= 11 is 0. The Hall–Kier alpha value is -2.51. The van der Waals surface area contributed by atoms with Gasteiger partial charge < -0.3 is 0 Å². The van der Waals surface area contributed by atoms with Crippen molar-refractivity contribution in [3.8, 4) is 0 Å². The average molecular weight is 376 g/mol. The Labute approximate surface area is 159 Å². The van der Waals surface area contributed by atoms with Gasteiger partial charge in [0.25, 0.3) is 5.69 Å². The quantitative estimate of drug-likeness (QED) is 0.496. The molecule has 0 aliphatic heterocycles. The van der Waals surface area contributed by atoms with Crippen LogP contribution in [0.4, 0.5) is 17.1 Å². The number of hydrogen-bond donors (Lipinski definition) is 1. The number of benzene rings is 1. The molecule has 1 aromatic carbocycles. The van der Waals surface area contributed by atoms with Gasteiger partial charge in [-0.25, -0.2) is 0 Å². The van der Waals surface area contributed by atoms with Gasteiger partial charge in [0, 0.05) is 11.8 Å². The molecule has 8 heteroatoms. The van der Waals surface area contributed by atoms with E-state index in [2.05, 4.69) is 38.2 Å². The Morgan fingerprint density at radius 2 is 1.93 bits per heavy atom. The maximum absolute atomic E-state index is 11.2. The van der Waals surface area contributed by atoms with Gasteiger partial charge in [0.1, 0.15) is 5.69 Å². The first-order valence-corrected chi connectivity index (χ1v) is 9.38. The van der Waals surface area contributed by atoms with E-state index in [9.17, 15) is 20.2 Å². The van der Waals surface area contributed by atoms with Crippen LogP contribution in [-0.2, 0) is 0 Å². The lowest BCUT2D eigenvalue weighted by atomic mass is 9.66. The van der Waals surface area contributed by atoms with Gasteiger partial charge in [-0.05, 0) is 49.0 Å². The Morgan fingerprint density at radius 1 is 1.22 bits per heavy atom. The van der Waals surface area contributed by atoms with Crippen LogP contribution in [0.5, 0.6) is 0 Å². The number of anilines is 1. The molecule has 1 fully saturated rings. The molecule has 0 amide bonds. The molecule has 0 saturated heterocycles. The fraction of sp³-hybridized carbons (Fsp3) is 0.632. The number of rotatable bonds is 7. The Morgan fingerprint density at radius 3 is 2.52 bits per heavy atom. The average Bonchev–Trinajstić information content (AvgIpc) is 2.59. The second kappa shape index (κ2) is 8.45. The fourth-order valence-electron chi connectivity index (χ4n) is 3.98. The summed E-state index contributed by atoms with van der Waals surface area (Å²) in [6, 6.07) is 3.54. The summed E-state index contributed by atoms with van der Waals surface area (Å²) in [7, 11) is 0. The van der Waals surface area contributed by atoms with Crippen LogP contribution in [0.15, 0.2) is 23.3 Å². The molecule has 1 N–H and O–H groups in total. The predicted octanol–water partition coefficient (Wildman–Crippen LogP) is 5.53. The molecule has 0 aromatic heterocycles. The van der Waals surface area contributed by atoms with Crippen molar-refractivity contribution < 1.29 is 9.85 Å². The van der Waals surface area contributed by atoms with Gasteiger partial charge in [-0.3, -0.25) is 25.7 Å². The number of non-ortho nitro benzene ring substituents is 1. The normalized spacial score (nSPS) is 21.9. The van der Waals surface area contributed by atoms with Crippen molar-refractivity contribution in [1.82, 2.24) is 0 Å². The summed E-state index contributed by atoms with van der Waals surface area (Å²) in [5.74, 6) is 1.03. The van der Waals surface area contributed by atoms with Crippen molar-refractivity contribution in [3.63, 3.8) is 0 Å². The summed E-state index contributed by atoms with van der Waals surface area (Å²) in [5, 5.41) is 26.5. The molecule has 27 heavy (non-hydrogen) atoms. The van der Waals surface area contributed by atoms with Crippen molar-refractivity contribution >= 4 is 22.8 Å². The van der Waals surface area contributed by atoms with Crippen LogP contribution < -0.4 is 5.43 Å². The Balaban J connectivity index is 2.21. The minimum absolute atomic E-state index is 0.167. The maximum Gasteiger partial charge on any atom is 0.301 e. The van der Waals surface area contributed by atoms with Crippen LogP contribution >= 0.6 is 0 Å². The molecule has 0 radical (unpaired) electrons. The smallest absolute Gasteiger partial charge is 0.272 e. The SMILES string of the molecule is CCCC(C)(C)[C@H]1C/C(=N/Nc2ccc([N+](=O)[O-])cc2[N+](=O)[O-])C[C@H](C)C1. The van der Waals surface area contributed by atoms with Crippen LogP contribution in [0, 0.1) is 37.5 Å². The first-order chi connectivity index (χ1) is 12.6. The Bertz CT molecular complexity index is 745. The van der Waals surface area contributed by atoms with Gasteiger partial charge in [-0.1, -0.05) is 34.1 Å². The number of hydrazone groups is 1. The molecule has 2 rings (SSSR count). The zero-order valence-electron chi connectivity index (χ0n) is 16.4. The molecular formula is C19H28N4O4. The summed E-state index contributed by atoms with van der Waals surface area (Å²) in [4.78, 5) is 20.8. The topological polar surface area (TPSA) is 111 Å². The molecule has 8 nitrogen and oxygen atoms in total. The highest BCUT2D eigenvalue weighted by Gasteiger charge is 2.34. The summed E-state index contributed by atoms with van der Waals surface area (Å²) < 4.78 is 0. The van der Waals surface area contributed by atoms with Gasteiger partial charge in [-0.2, -0.15) is 5.10 Å². The lowest BCUT2D eigenvalue weighted by Crippen LogP contribution is -2.32. The van der Waals surface area contributed by atoms with E-state index in [0.29, 0.717) is 11.8 Å². The van der Waals surface area contributed by atoms with Crippen LogP contribution in [0.1, 0.15) is 59.8 Å². The van der Waals surface area contributed by atoms with Gasteiger partial charge in [0.05, 0.1) is 15.9 Å². The van der Waals surface area contributed by atoms with Crippen molar-refractivity contribution in [2.24, 2.45) is 22.4 Å². The molecule has 0 spiro atoms. The zero-order chi connectivity index (χ0) is 20.2. The third-order valence-corrected chi connectivity index (χ3v) is 5.48. The van der Waals surface area contributed by atoms with Crippen molar-refractivity contribution in [2.45, 2.75) is 59.8 Å². The standard InChI is InChI=1S/C19H28N4O4/c1-5-8-19(3,4)14-9-13(2)10-15(11-14)20-21-17-7-6-16(22(24)25)12-18(17)23(26)27/h6-7,12-14,21H,5,8-11H2,1-4H3/b20-15+/t13-,14-/m1/s1. The molecule has 2 atom stereocenters.